The SMILES string of the molecule is C/C(Br)=N\c1c(C)c(=O)[nH]c(=O)n1C. The minimum Gasteiger partial charge on any atom is -0.281 e. The molecule has 6 heteroatoms. The molecule has 0 aliphatic heterocycles. The second kappa shape index (κ2) is 3.91. The maximum absolute atomic E-state index is 11.2. The molecule has 0 aliphatic rings. The van der Waals surface area contributed by atoms with Gasteiger partial charge in [0.05, 0.1) is 10.2 Å². The Morgan fingerprint density at radius 1 is 1.50 bits per heavy atom. The molecule has 76 valence electrons. The van der Waals surface area contributed by atoms with Crippen LogP contribution in [0.4, 0.5) is 5.82 Å². The fourth-order valence-electron chi connectivity index (χ4n) is 1.03. The van der Waals surface area contributed by atoms with Crippen molar-refractivity contribution >= 4 is 26.4 Å². The molecule has 0 aromatic carbocycles. The van der Waals surface area contributed by atoms with Gasteiger partial charge in [-0.25, -0.2) is 9.79 Å². The Kier molecular flexibility index (Phi) is 3.05. The molecule has 1 N–H and O–H groups in total. The predicted octanol–water partition coefficient (Wildman–Crippen LogP) is 0.827. The van der Waals surface area contributed by atoms with Crippen LogP contribution in [0.25, 0.3) is 0 Å². The molecule has 0 saturated carbocycles. The van der Waals surface area contributed by atoms with Gasteiger partial charge < -0.3 is 0 Å². The van der Waals surface area contributed by atoms with Crippen molar-refractivity contribution in [1.29, 1.82) is 0 Å². The lowest BCUT2D eigenvalue weighted by atomic mass is 10.3. The van der Waals surface area contributed by atoms with E-state index in [4.69, 9.17) is 0 Å². The summed E-state index contributed by atoms with van der Waals surface area (Å²) in [5, 5.41) is 0. The Hall–Kier alpha value is -1.17. The molecule has 0 bridgehead atoms. The molecule has 0 unspecified atom stereocenters. The van der Waals surface area contributed by atoms with Gasteiger partial charge in [-0.2, -0.15) is 0 Å². The summed E-state index contributed by atoms with van der Waals surface area (Å²) >= 11 is 3.15. The highest BCUT2D eigenvalue weighted by atomic mass is 79.9. The second-order valence-electron chi connectivity index (χ2n) is 2.88. The van der Waals surface area contributed by atoms with Gasteiger partial charge in [-0.15, -0.1) is 0 Å². The number of hydrogen-bond donors (Lipinski definition) is 1. The standard InChI is InChI=1S/C8H10BrN3O2/c1-4-6(10-5(2)9)12(3)8(14)11-7(4)13/h1-3H3,(H,11,13,14)/b10-5+. The minimum atomic E-state index is -0.465. The third-order valence-electron chi connectivity index (χ3n) is 1.78. The number of aromatic nitrogens is 2. The summed E-state index contributed by atoms with van der Waals surface area (Å²) in [6, 6.07) is 0. The van der Waals surface area contributed by atoms with Crippen LogP contribution in [0.2, 0.25) is 0 Å². The number of nitrogens with zero attached hydrogens (tertiary/aromatic N) is 2. The van der Waals surface area contributed by atoms with Crippen molar-refractivity contribution in [3.63, 3.8) is 0 Å². The summed E-state index contributed by atoms with van der Waals surface area (Å²) < 4.78 is 1.91. The van der Waals surface area contributed by atoms with E-state index < -0.39 is 11.2 Å². The fraction of sp³-hybridized carbons (Fsp3) is 0.375. The Morgan fingerprint density at radius 3 is 2.57 bits per heavy atom. The first-order valence-corrected chi connectivity index (χ1v) is 4.73. The van der Waals surface area contributed by atoms with Crippen LogP contribution in [-0.4, -0.2) is 14.2 Å². The van der Waals surface area contributed by atoms with Crippen LogP contribution in [0.1, 0.15) is 12.5 Å². The molecule has 0 atom stereocenters. The van der Waals surface area contributed by atoms with Gasteiger partial charge in [0.15, 0.2) is 0 Å². The molecule has 1 aromatic heterocycles. The first kappa shape index (κ1) is 10.9. The first-order chi connectivity index (χ1) is 6.43. The molecular formula is C8H10BrN3O2. The summed E-state index contributed by atoms with van der Waals surface area (Å²) in [7, 11) is 1.56. The van der Waals surface area contributed by atoms with Crippen molar-refractivity contribution in [2.75, 3.05) is 0 Å². The number of hydrogen-bond acceptors (Lipinski definition) is 3. The van der Waals surface area contributed by atoms with Crippen LogP contribution in [0.15, 0.2) is 14.6 Å². The lowest BCUT2D eigenvalue weighted by molar-refractivity contribution is 0.792. The largest absolute Gasteiger partial charge is 0.329 e. The van der Waals surface area contributed by atoms with E-state index in [-0.39, 0.29) is 0 Å². The molecule has 0 aliphatic carbocycles. The molecule has 1 heterocycles. The molecule has 0 amide bonds. The van der Waals surface area contributed by atoms with Gasteiger partial charge in [-0.1, -0.05) is 0 Å². The second-order valence-corrected chi connectivity index (χ2v) is 4.02. The van der Waals surface area contributed by atoms with Gasteiger partial charge in [-0.3, -0.25) is 14.3 Å². The highest BCUT2D eigenvalue weighted by molar-refractivity contribution is 9.18. The highest BCUT2D eigenvalue weighted by Gasteiger charge is 2.07. The maximum Gasteiger partial charge on any atom is 0.329 e. The Balaban J connectivity index is 3.64. The van der Waals surface area contributed by atoms with Crippen molar-refractivity contribution in [2.45, 2.75) is 13.8 Å². The molecule has 14 heavy (non-hydrogen) atoms. The van der Waals surface area contributed by atoms with Crippen LogP contribution >= 0.6 is 15.9 Å². The summed E-state index contributed by atoms with van der Waals surface area (Å²) in [5.41, 5.74) is -0.445. The third kappa shape index (κ3) is 2.01. The predicted molar refractivity (Wildman–Crippen MR) is 58.7 cm³/mol. The van der Waals surface area contributed by atoms with Gasteiger partial charge in [0.25, 0.3) is 5.56 Å². The zero-order chi connectivity index (χ0) is 10.9. The number of rotatable bonds is 1. The first-order valence-electron chi connectivity index (χ1n) is 3.94. The Labute approximate surface area is 88.6 Å². The summed E-state index contributed by atoms with van der Waals surface area (Å²) in [4.78, 5) is 28.7. The zero-order valence-corrected chi connectivity index (χ0v) is 9.67. The third-order valence-corrected chi connectivity index (χ3v) is 1.96. The topological polar surface area (TPSA) is 67.2 Å². The monoisotopic (exact) mass is 259 g/mol. The summed E-state index contributed by atoms with van der Waals surface area (Å²) in [5.74, 6) is 0.369. The number of aromatic amines is 1. The fourth-order valence-corrected chi connectivity index (χ4v) is 1.20. The maximum atomic E-state index is 11.2. The number of aliphatic imine (C=N–C) groups is 1. The van der Waals surface area contributed by atoms with E-state index in [0.717, 1.165) is 0 Å². The zero-order valence-electron chi connectivity index (χ0n) is 8.09. The molecular weight excluding hydrogens is 250 g/mol. The van der Waals surface area contributed by atoms with E-state index in [0.29, 0.717) is 16.0 Å². The molecule has 0 radical (unpaired) electrons. The van der Waals surface area contributed by atoms with Crippen molar-refractivity contribution < 1.29 is 0 Å². The molecule has 1 rings (SSSR count). The van der Waals surface area contributed by atoms with Crippen LogP contribution in [0, 0.1) is 6.92 Å². The van der Waals surface area contributed by atoms with E-state index in [9.17, 15) is 9.59 Å². The molecule has 0 spiro atoms. The molecule has 0 saturated heterocycles. The van der Waals surface area contributed by atoms with Crippen molar-refractivity contribution in [3.05, 3.63) is 26.4 Å². The number of halogens is 1. The van der Waals surface area contributed by atoms with Crippen LogP contribution in [-0.2, 0) is 7.05 Å². The number of H-pyrrole nitrogens is 1. The van der Waals surface area contributed by atoms with E-state index in [1.165, 1.54) is 4.57 Å². The highest BCUT2D eigenvalue weighted by Crippen LogP contribution is 2.12. The molecule has 1 aromatic rings. The van der Waals surface area contributed by atoms with Crippen molar-refractivity contribution in [2.24, 2.45) is 12.0 Å². The Bertz CT molecular complexity index is 460. The van der Waals surface area contributed by atoms with Gasteiger partial charge in [-0.05, 0) is 29.8 Å². The molecule has 5 nitrogen and oxygen atoms in total. The van der Waals surface area contributed by atoms with Crippen LogP contribution < -0.4 is 11.2 Å². The van der Waals surface area contributed by atoms with Crippen molar-refractivity contribution in [1.82, 2.24) is 9.55 Å². The van der Waals surface area contributed by atoms with E-state index >= 15 is 0 Å². The van der Waals surface area contributed by atoms with Gasteiger partial charge >= 0.3 is 5.69 Å². The summed E-state index contributed by atoms with van der Waals surface area (Å²) in [6.07, 6.45) is 0. The van der Waals surface area contributed by atoms with Gasteiger partial charge in [0.1, 0.15) is 5.82 Å². The molecule has 0 fully saturated rings. The van der Waals surface area contributed by atoms with Gasteiger partial charge in [0.2, 0.25) is 0 Å². The Morgan fingerprint density at radius 2 is 2.07 bits per heavy atom. The number of nitrogens with one attached hydrogen (secondary N) is 1. The lowest BCUT2D eigenvalue weighted by Gasteiger charge is -2.04. The van der Waals surface area contributed by atoms with Crippen LogP contribution in [0.3, 0.4) is 0 Å². The van der Waals surface area contributed by atoms with E-state index in [2.05, 4.69) is 25.9 Å². The average Bonchev–Trinajstić information content (AvgIpc) is 2.09. The van der Waals surface area contributed by atoms with Gasteiger partial charge in [0, 0.05) is 7.05 Å². The lowest BCUT2D eigenvalue weighted by Crippen LogP contribution is -2.29. The van der Waals surface area contributed by atoms with E-state index in [1.54, 1.807) is 20.9 Å². The average molecular weight is 260 g/mol. The van der Waals surface area contributed by atoms with Crippen molar-refractivity contribution in [3.8, 4) is 0 Å². The minimum absolute atomic E-state index is 0.369. The summed E-state index contributed by atoms with van der Waals surface area (Å²) in [6.45, 7) is 3.35. The van der Waals surface area contributed by atoms with E-state index in [1.807, 2.05) is 0 Å². The smallest absolute Gasteiger partial charge is 0.281 e. The normalized spacial score (nSPS) is 11.9. The quantitative estimate of drug-likeness (QED) is 0.760. The van der Waals surface area contributed by atoms with Crippen LogP contribution in [0.5, 0.6) is 0 Å².